The van der Waals surface area contributed by atoms with Crippen LogP contribution in [0, 0.1) is 5.95 Å². The van der Waals surface area contributed by atoms with Gasteiger partial charge in [0.1, 0.15) is 5.60 Å². The number of nitrogens with zero attached hydrogens (tertiary/aromatic N) is 3. The lowest BCUT2D eigenvalue weighted by Crippen LogP contribution is -2.54. The van der Waals surface area contributed by atoms with E-state index in [0.717, 1.165) is 5.69 Å². The molecule has 116 valence electrons. The molecule has 1 atom stereocenters. The third kappa shape index (κ3) is 4.06. The van der Waals surface area contributed by atoms with Crippen LogP contribution in [0.3, 0.4) is 0 Å². The van der Waals surface area contributed by atoms with Crippen molar-refractivity contribution in [2.24, 2.45) is 0 Å². The summed E-state index contributed by atoms with van der Waals surface area (Å²) in [6.45, 7) is 9.32. The van der Waals surface area contributed by atoms with Crippen molar-refractivity contribution in [3.05, 3.63) is 24.3 Å². The quantitative estimate of drug-likeness (QED) is 0.747. The molecule has 0 aliphatic carbocycles. The van der Waals surface area contributed by atoms with E-state index in [1.54, 1.807) is 11.0 Å². The fraction of sp³-hybridized carbons (Fsp3) is 0.600. The Balaban J connectivity index is 2.01. The van der Waals surface area contributed by atoms with Crippen LogP contribution in [-0.2, 0) is 4.74 Å². The summed E-state index contributed by atoms with van der Waals surface area (Å²) in [4.78, 5) is 19.4. The minimum atomic E-state index is -0.494. The number of ether oxygens (including phenoxy) is 1. The highest BCUT2D eigenvalue weighted by molar-refractivity contribution is 5.68. The van der Waals surface area contributed by atoms with Crippen LogP contribution < -0.4 is 4.90 Å². The molecule has 1 aromatic heterocycles. The first kappa shape index (κ1) is 15.5. The first-order chi connectivity index (χ1) is 9.76. The molecule has 5 nitrogen and oxygen atoms in total. The van der Waals surface area contributed by atoms with Gasteiger partial charge in [-0.1, -0.05) is 0 Å². The normalized spacial score (nSPS) is 19.6. The largest absolute Gasteiger partial charge is 0.444 e. The van der Waals surface area contributed by atoms with Crippen molar-refractivity contribution in [3.8, 4) is 0 Å². The Hall–Kier alpha value is -1.85. The van der Waals surface area contributed by atoms with E-state index in [2.05, 4.69) is 9.88 Å². The summed E-state index contributed by atoms with van der Waals surface area (Å²) < 4.78 is 18.6. The number of piperazine rings is 1. The van der Waals surface area contributed by atoms with E-state index in [0.29, 0.717) is 19.6 Å². The van der Waals surface area contributed by atoms with Crippen LogP contribution in [0.25, 0.3) is 0 Å². The molecule has 0 spiro atoms. The highest BCUT2D eigenvalue weighted by Crippen LogP contribution is 2.21. The fourth-order valence-electron chi connectivity index (χ4n) is 2.40. The highest BCUT2D eigenvalue weighted by Gasteiger charge is 2.29. The van der Waals surface area contributed by atoms with Crippen molar-refractivity contribution < 1.29 is 13.9 Å². The minimum Gasteiger partial charge on any atom is -0.444 e. The molecule has 2 heterocycles. The second-order valence-corrected chi connectivity index (χ2v) is 6.31. The van der Waals surface area contributed by atoms with Gasteiger partial charge in [0.15, 0.2) is 0 Å². The Morgan fingerprint density at radius 3 is 2.71 bits per heavy atom. The Bertz CT molecular complexity index is 516. The Morgan fingerprint density at radius 2 is 2.14 bits per heavy atom. The lowest BCUT2D eigenvalue weighted by Gasteiger charge is -2.41. The number of carbonyl (C=O) groups is 1. The predicted octanol–water partition coefficient (Wildman–Crippen LogP) is 2.67. The minimum absolute atomic E-state index is 0.0908. The maximum Gasteiger partial charge on any atom is 0.410 e. The average Bonchev–Trinajstić information content (AvgIpc) is 2.36. The standard InChI is InChI=1S/C15H22FN3O2/c1-11-10-18(14(20)21-15(2,3)4)7-8-19(11)12-5-6-17-13(16)9-12/h5-6,9,11H,7-8,10H2,1-4H3/t11-/m1/s1. The van der Waals surface area contributed by atoms with E-state index in [4.69, 9.17) is 4.74 Å². The van der Waals surface area contributed by atoms with Gasteiger partial charge >= 0.3 is 6.09 Å². The number of rotatable bonds is 1. The summed E-state index contributed by atoms with van der Waals surface area (Å²) >= 11 is 0. The highest BCUT2D eigenvalue weighted by atomic mass is 19.1. The van der Waals surface area contributed by atoms with Gasteiger partial charge in [-0.2, -0.15) is 4.39 Å². The number of halogens is 1. The van der Waals surface area contributed by atoms with Crippen molar-refractivity contribution in [2.75, 3.05) is 24.5 Å². The number of anilines is 1. The maximum absolute atomic E-state index is 13.2. The van der Waals surface area contributed by atoms with Gasteiger partial charge in [0, 0.05) is 43.6 Å². The summed E-state index contributed by atoms with van der Waals surface area (Å²) in [5.41, 5.74) is 0.296. The van der Waals surface area contributed by atoms with Crippen LogP contribution in [-0.4, -0.2) is 47.3 Å². The number of carbonyl (C=O) groups excluding carboxylic acids is 1. The molecular weight excluding hydrogens is 273 g/mol. The van der Waals surface area contributed by atoms with E-state index >= 15 is 0 Å². The summed E-state index contributed by atoms with van der Waals surface area (Å²) in [5, 5.41) is 0. The molecule has 0 bridgehead atoms. The lowest BCUT2D eigenvalue weighted by molar-refractivity contribution is 0.0218. The van der Waals surface area contributed by atoms with Crippen LogP contribution in [0.15, 0.2) is 18.3 Å². The lowest BCUT2D eigenvalue weighted by atomic mass is 10.1. The molecule has 1 aliphatic heterocycles. The van der Waals surface area contributed by atoms with Gasteiger partial charge in [0.25, 0.3) is 0 Å². The molecule has 1 saturated heterocycles. The number of aromatic nitrogens is 1. The monoisotopic (exact) mass is 295 g/mol. The molecule has 1 fully saturated rings. The van der Waals surface area contributed by atoms with Gasteiger partial charge in [0.2, 0.25) is 5.95 Å². The van der Waals surface area contributed by atoms with Crippen molar-refractivity contribution in [2.45, 2.75) is 39.3 Å². The van der Waals surface area contributed by atoms with Crippen LogP contribution in [0.1, 0.15) is 27.7 Å². The summed E-state index contributed by atoms with van der Waals surface area (Å²) in [5.74, 6) is -0.491. The van der Waals surface area contributed by atoms with Crippen LogP contribution >= 0.6 is 0 Å². The zero-order valence-corrected chi connectivity index (χ0v) is 13.0. The molecule has 1 aromatic rings. The SMILES string of the molecule is C[C@@H]1CN(C(=O)OC(C)(C)C)CCN1c1ccnc(F)c1. The summed E-state index contributed by atoms with van der Waals surface area (Å²) in [6, 6.07) is 3.29. The maximum atomic E-state index is 13.2. The van der Waals surface area contributed by atoms with Gasteiger partial charge in [0.05, 0.1) is 0 Å². The third-order valence-electron chi connectivity index (χ3n) is 3.32. The van der Waals surface area contributed by atoms with Crippen molar-refractivity contribution >= 4 is 11.8 Å². The van der Waals surface area contributed by atoms with Crippen molar-refractivity contribution in [1.82, 2.24) is 9.88 Å². The smallest absolute Gasteiger partial charge is 0.410 e. The Kier molecular flexibility index (Phi) is 4.34. The van der Waals surface area contributed by atoms with Crippen LogP contribution in [0.5, 0.6) is 0 Å². The van der Waals surface area contributed by atoms with E-state index in [-0.39, 0.29) is 12.1 Å². The second-order valence-electron chi connectivity index (χ2n) is 6.31. The van der Waals surface area contributed by atoms with E-state index in [1.807, 2.05) is 27.7 Å². The molecule has 2 rings (SSSR count). The predicted molar refractivity (Wildman–Crippen MR) is 78.8 cm³/mol. The molecule has 21 heavy (non-hydrogen) atoms. The first-order valence-corrected chi connectivity index (χ1v) is 7.12. The second kappa shape index (κ2) is 5.87. The molecule has 0 N–H and O–H groups in total. The zero-order valence-electron chi connectivity index (χ0n) is 13.0. The Labute approximate surface area is 124 Å². The molecule has 1 amide bonds. The van der Waals surface area contributed by atoms with E-state index < -0.39 is 11.5 Å². The fourth-order valence-corrected chi connectivity index (χ4v) is 2.40. The van der Waals surface area contributed by atoms with Gasteiger partial charge in [-0.3, -0.25) is 0 Å². The van der Waals surface area contributed by atoms with Gasteiger partial charge in [-0.05, 0) is 33.8 Å². The van der Waals surface area contributed by atoms with Gasteiger partial charge in [-0.15, -0.1) is 0 Å². The number of pyridine rings is 1. The first-order valence-electron chi connectivity index (χ1n) is 7.12. The summed E-state index contributed by atoms with van der Waals surface area (Å²) in [7, 11) is 0. The van der Waals surface area contributed by atoms with E-state index in [1.165, 1.54) is 12.3 Å². The van der Waals surface area contributed by atoms with E-state index in [9.17, 15) is 9.18 Å². The molecule has 0 aromatic carbocycles. The molecule has 0 saturated carbocycles. The van der Waals surface area contributed by atoms with Crippen LogP contribution in [0.2, 0.25) is 0 Å². The van der Waals surface area contributed by atoms with Gasteiger partial charge in [-0.25, -0.2) is 9.78 Å². The van der Waals surface area contributed by atoms with Crippen LogP contribution in [0.4, 0.5) is 14.9 Å². The number of amides is 1. The molecule has 1 aliphatic rings. The third-order valence-corrected chi connectivity index (χ3v) is 3.32. The molecule has 0 unspecified atom stereocenters. The topological polar surface area (TPSA) is 45.7 Å². The van der Waals surface area contributed by atoms with Crippen molar-refractivity contribution in [3.63, 3.8) is 0 Å². The summed E-state index contributed by atoms with van der Waals surface area (Å²) in [6.07, 6.45) is 1.16. The molecule has 0 radical (unpaired) electrons. The average molecular weight is 295 g/mol. The number of hydrogen-bond acceptors (Lipinski definition) is 4. The van der Waals surface area contributed by atoms with Crippen molar-refractivity contribution in [1.29, 1.82) is 0 Å². The van der Waals surface area contributed by atoms with Gasteiger partial charge < -0.3 is 14.5 Å². The Morgan fingerprint density at radius 1 is 1.43 bits per heavy atom. The molecule has 6 heteroatoms. The number of hydrogen-bond donors (Lipinski definition) is 0. The zero-order chi connectivity index (χ0) is 15.6. The molecular formula is C15H22FN3O2.